The summed E-state index contributed by atoms with van der Waals surface area (Å²) in [6.07, 6.45) is 6.25. The number of rotatable bonds is 5. The fraction of sp³-hybridized carbons (Fsp3) is 0.296. The van der Waals surface area contributed by atoms with Gasteiger partial charge in [-0.25, -0.2) is 0 Å². The van der Waals surface area contributed by atoms with Gasteiger partial charge in [0.15, 0.2) is 5.78 Å². The van der Waals surface area contributed by atoms with Gasteiger partial charge in [-0.05, 0) is 57.5 Å². The fourth-order valence-corrected chi connectivity index (χ4v) is 4.05. The zero-order chi connectivity index (χ0) is 23.2. The van der Waals surface area contributed by atoms with Crippen molar-refractivity contribution in [2.75, 3.05) is 7.11 Å². The molecule has 0 aliphatic carbocycles. The summed E-state index contributed by atoms with van der Waals surface area (Å²) in [4.78, 5) is 11.7. The molecule has 0 spiro atoms. The molecule has 5 heteroatoms. The van der Waals surface area contributed by atoms with E-state index in [1.165, 1.54) is 13.0 Å². The van der Waals surface area contributed by atoms with Crippen molar-refractivity contribution in [3.63, 3.8) is 0 Å². The molecule has 4 rings (SSSR count). The lowest BCUT2D eigenvalue weighted by molar-refractivity contribution is 0.101. The standard InChI is InChI=1S/C27H28O5/c1-15(20-10-18-7-8-27(4,5)32-25(18)14-26(20)30-6)9-16(2)23-12-19-11-21(17(3)28)22(29)13-24(19)31-23/h7-15,29H,1-6H3/t15-/m0/s1. The summed E-state index contributed by atoms with van der Waals surface area (Å²) in [6, 6.07) is 9.10. The Labute approximate surface area is 188 Å². The summed E-state index contributed by atoms with van der Waals surface area (Å²) in [5.74, 6) is 2.06. The molecule has 1 aliphatic rings. The number of carbonyl (C=O) groups excluding carboxylic acids is 1. The number of ether oxygens (including phenoxy) is 2. The molecule has 1 aliphatic heterocycles. The summed E-state index contributed by atoms with van der Waals surface area (Å²) in [7, 11) is 1.66. The van der Waals surface area contributed by atoms with E-state index >= 15 is 0 Å². The second kappa shape index (κ2) is 7.90. The van der Waals surface area contributed by atoms with Crippen molar-refractivity contribution < 1.29 is 23.8 Å². The first kappa shape index (κ1) is 21.8. The Morgan fingerprint density at radius 2 is 1.91 bits per heavy atom. The van der Waals surface area contributed by atoms with Crippen LogP contribution in [0.2, 0.25) is 0 Å². The lowest BCUT2D eigenvalue weighted by Gasteiger charge is -2.29. The van der Waals surface area contributed by atoms with E-state index in [1.54, 1.807) is 13.2 Å². The van der Waals surface area contributed by atoms with E-state index in [9.17, 15) is 9.90 Å². The molecule has 0 saturated carbocycles. The minimum Gasteiger partial charge on any atom is -0.507 e. The van der Waals surface area contributed by atoms with Gasteiger partial charge in [0.2, 0.25) is 0 Å². The Morgan fingerprint density at radius 3 is 2.59 bits per heavy atom. The van der Waals surface area contributed by atoms with Gasteiger partial charge in [-0.3, -0.25) is 4.79 Å². The minimum absolute atomic E-state index is 0.0491. The third-order valence-electron chi connectivity index (χ3n) is 5.79. The molecular formula is C27H28O5. The number of ketones is 1. The first-order valence-electron chi connectivity index (χ1n) is 10.6. The van der Waals surface area contributed by atoms with Crippen molar-refractivity contribution in [1.29, 1.82) is 0 Å². The monoisotopic (exact) mass is 432 g/mol. The molecule has 5 nitrogen and oxygen atoms in total. The number of fused-ring (bicyclic) bond motifs is 2. The molecule has 3 aromatic rings. The second-order valence-corrected chi connectivity index (χ2v) is 8.88. The van der Waals surface area contributed by atoms with Crippen LogP contribution < -0.4 is 9.47 Å². The largest absolute Gasteiger partial charge is 0.507 e. The van der Waals surface area contributed by atoms with Gasteiger partial charge in [0.1, 0.15) is 34.2 Å². The first-order chi connectivity index (χ1) is 15.1. The SMILES string of the molecule is COc1cc2c(cc1[C@@H](C)C=C(C)c1cc3cc(C(C)=O)c(O)cc3o1)C=CC(C)(C)O2. The zero-order valence-corrected chi connectivity index (χ0v) is 19.3. The average molecular weight is 433 g/mol. The van der Waals surface area contributed by atoms with Crippen LogP contribution in [0, 0.1) is 0 Å². The highest BCUT2D eigenvalue weighted by Gasteiger charge is 2.24. The van der Waals surface area contributed by atoms with Crippen molar-refractivity contribution in [3.05, 3.63) is 64.9 Å². The second-order valence-electron chi connectivity index (χ2n) is 8.88. The number of phenolic OH excluding ortho intramolecular Hbond substituents is 1. The Bertz CT molecular complexity index is 1270. The van der Waals surface area contributed by atoms with E-state index in [-0.39, 0.29) is 28.6 Å². The van der Waals surface area contributed by atoms with Gasteiger partial charge >= 0.3 is 0 Å². The highest BCUT2D eigenvalue weighted by Crippen LogP contribution is 2.40. The van der Waals surface area contributed by atoms with E-state index in [0.717, 1.165) is 33.6 Å². The van der Waals surface area contributed by atoms with E-state index in [2.05, 4.69) is 31.2 Å². The smallest absolute Gasteiger partial charge is 0.163 e. The van der Waals surface area contributed by atoms with Crippen LogP contribution in [0.3, 0.4) is 0 Å². The molecule has 1 N–H and O–H groups in total. The van der Waals surface area contributed by atoms with Crippen LogP contribution in [0.25, 0.3) is 22.6 Å². The molecule has 0 bridgehead atoms. The van der Waals surface area contributed by atoms with Gasteiger partial charge < -0.3 is 19.0 Å². The molecule has 166 valence electrons. The predicted octanol–water partition coefficient (Wildman–Crippen LogP) is 6.74. The fourth-order valence-electron chi connectivity index (χ4n) is 4.05. The number of allylic oxidation sites excluding steroid dienone is 2. The molecule has 0 unspecified atom stereocenters. The summed E-state index contributed by atoms with van der Waals surface area (Å²) >= 11 is 0. The van der Waals surface area contributed by atoms with Crippen LogP contribution in [-0.2, 0) is 0 Å². The Balaban J connectivity index is 1.69. The van der Waals surface area contributed by atoms with Crippen LogP contribution in [0.15, 0.2) is 46.9 Å². The lowest BCUT2D eigenvalue weighted by atomic mass is 9.93. The van der Waals surface area contributed by atoms with Crippen LogP contribution >= 0.6 is 0 Å². The number of phenols is 1. The zero-order valence-electron chi connectivity index (χ0n) is 19.3. The Morgan fingerprint density at radius 1 is 1.16 bits per heavy atom. The third-order valence-corrected chi connectivity index (χ3v) is 5.79. The van der Waals surface area contributed by atoms with E-state index in [1.807, 2.05) is 32.9 Å². The summed E-state index contributed by atoms with van der Waals surface area (Å²) in [5.41, 5.74) is 3.50. The molecule has 1 aromatic heterocycles. The molecule has 0 amide bonds. The third kappa shape index (κ3) is 4.03. The number of Topliss-reactive ketones (excluding diaryl/α,β-unsaturated/α-hetero) is 1. The Kier molecular flexibility index (Phi) is 5.37. The summed E-state index contributed by atoms with van der Waals surface area (Å²) < 4.78 is 17.7. The average Bonchev–Trinajstić information content (AvgIpc) is 3.14. The highest BCUT2D eigenvalue weighted by molar-refractivity contribution is 6.01. The minimum atomic E-state index is -0.348. The summed E-state index contributed by atoms with van der Waals surface area (Å²) in [6.45, 7) is 9.56. The van der Waals surface area contributed by atoms with Gasteiger partial charge in [0, 0.05) is 34.6 Å². The molecular weight excluding hydrogens is 404 g/mol. The maximum Gasteiger partial charge on any atom is 0.163 e. The number of hydrogen-bond acceptors (Lipinski definition) is 5. The van der Waals surface area contributed by atoms with Gasteiger partial charge in [0.05, 0.1) is 12.7 Å². The number of benzene rings is 2. The normalized spacial score (nSPS) is 15.9. The van der Waals surface area contributed by atoms with Crippen LogP contribution in [0.4, 0.5) is 0 Å². The molecule has 2 heterocycles. The lowest BCUT2D eigenvalue weighted by Crippen LogP contribution is -2.27. The van der Waals surface area contributed by atoms with Gasteiger partial charge in [-0.2, -0.15) is 0 Å². The molecule has 2 aromatic carbocycles. The molecule has 32 heavy (non-hydrogen) atoms. The predicted molar refractivity (Wildman–Crippen MR) is 127 cm³/mol. The van der Waals surface area contributed by atoms with Crippen molar-refractivity contribution in [3.8, 4) is 17.2 Å². The van der Waals surface area contributed by atoms with Crippen LogP contribution in [-0.4, -0.2) is 23.6 Å². The topological polar surface area (TPSA) is 68.9 Å². The number of methoxy groups -OCH3 is 1. The van der Waals surface area contributed by atoms with Gasteiger partial charge in [-0.1, -0.05) is 19.1 Å². The molecule has 0 saturated heterocycles. The number of carbonyl (C=O) groups is 1. The van der Waals surface area contributed by atoms with Crippen molar-refractivity contribution in [2.45, 2.75) is 46.1 Å². The molecule has 1 atom stereocenters. The number of furan rings is 1. The quantitative estimate of drug-likeness (QED) is 0.452. The first-order valence-corrected chi connectivity index (χ1v) is 10.6. The van der Waals surface area contributed by atoms with Crippen LogP contribution in [0.5, 0.6) is 17.2 Å². The Hall–Kier alpha value is -3.47. The molecule has 0 radical (unpaired) electrons. The van der Waals surface area contributed by atoms with Gasteiger partial charge in [-0.15, -0.1) is 0 Å². The number of hydrogen-bond donors (Lipinski definition) is 1. The maximum absolute atomic E-state index is 11.7. The van der Waals surface area contributed by atoms with E-state index in [0.29, 0.717) is 11.3 Å². The van der Waals surface area contributed by atoms with Crippen molar-refractivity contribution in [2.24, 2.45) is 0 Å². The summed E-state index contributed by atoms with van der Waals surface area (Å²) in [5, 5.41) is 10.9. The van der Waals surface area contributed by atoms with Gasteiger partial charge in [0.25, 0.3) is 0 Å². The highest BCUT2D eigenvalue weighted by atomic mass is 16.5. The van der Waals surface area contributed by atoms with Crippen molar-refractivity contribution in [1.82, 2.24) is 0 Å². The van der Waals surface area contributed by atoms with E-state index < -0.39 is 0 Å². The van der Waals surface area contributed by atoms with Crippen molar-refractivity contribution >= 4 is 28.4 Å². The van der Waals surface area contributed by atoms with Crippen LogP contribution in [0.1, 0.15) is 67.8 Å². The maximum atomic E-state index is 11.7. The van der Waals surface area contributed by atoms with E-state index in [4.69, 9.17) is 13.9 Å². The number of aromatic hydroxyl groups is 1. The molecule has 0 fully saturated rings.